The summed E-state index contributed by atoms with van der Waals surface area (Å²) in [5.74, 6) is 0.960. The molecule has 1 N–H and O–H groups in total. The van der Waals surface area contributed by atoms with E-state index in [9.17, 15) is 0 Å². The van der Waals surface area contributed by atoms with Crippen molar-refractivity contribution in [1.29, 1.82) is 0 Å². The molecule has 0 aliphatic carbocycles. The van der Waals surface area contributed by atoms with Gasteiger partial charge in [0.25, 0.3) is 0 Å². The van der Waals surface area contributed by atoms with Crippen LogP contribution in [-0.4, -0.2) is 28.8 Å². The molecule has 0 spiro atoms. The Morgan fingerprint density at radius 2 is 2.64 bits per heavy atom. The number of imidazole rings is 1. The Labute approximate surface area is 88.2 Å². The van der Waals surface area contributed by atoms with Crippen LogP contribution in [0.5, 0.6) is 0 Å². The third-order valence-electron chi connectivity index (χ3n) is 2.51. The van der Waals surface area contributed by atoms with Gasteiger partial charge in [-0.3, -0.25) is 0 Å². The van der Waals surface area contributed by atoms with Gasteiger partial charge >= 0.3 is 0 Å². The van der Waals surface area contributed by atoms with E-state index in [1.165, 1.54) is 0 Å². The molecule has 1 aliphatic rings. The van der Waals surface area contributed by atoms with E-state index < -0.39 is 0 Å². The molecule has 0 radical (unpaired) electrons. The summed E-state index contributed by atoms with van der Waals surface area (Å²) in [6.07, 6.45) is 2.75. The Morgan fingerprint density at radius 1 is 1.79 bits per heavy atom. The molecule has 1 atom stereocenters. The first-order valence-corrected chi connectivity index (χ1v) is 5.12. The zero-order chi connectivity index (χ0) is 9.97. The Morgan fingerprint density at radius 3 is 3.21 bits per heavy atom. The number of nitrogens with one attached hydrogen (secondary N) is 1. The molecule has 0 saturated carbocycles. The summed E-state index contributed by atoms with van der Waals surface area (Å²) in [6, 6.07) is 0.463. The van der Waals surface area contributed by atoms with Gasteiger partial charge in [0.15, 0.2) is 0 Å². The maximum Gasteiger partial charge on any atom is 0.128 e. The van der Waals surface area contributed by atoms with Crippen molar-refractivity contribution in [3.63, 3.8) is 0 Å². The van der Waals surface area contributed by atoms with E-state index in [-0.39, 0.29) is 0 Å². The van der Waals surface area contributed by atoms with E-state index >= 15 is 0 Å². The number of ether oxygens (including phenoxy) is 1. The average molecular weight is 216 g/mol. The fourth-order valence-corrected chi connectivity index (χ4v) is 1.67. The van der Waals surface area contributed by atoms with Gasteiger partial charge in [-0.1, -0.05) is 11.6 Å². The van der Waals surface area contributed by atoms with Crippen LogP contribution in [0.3, 0.4) is 0 Å². The highest BCUT2D eigenvalue weighted by Crippen LogP contribution is 2.10. The molecule has 1 aromatic rings. The highest BCUT2D eigenvalue weighted by Gasteiger charge is 2.15. The number of nitrogens with zero attached hydrogens (tertiary/aromatic N) is 2. The molecule has 2 rings (SSSR count). The van der Waals surface area contributed by atoms with Gasteiger partial charge in [0.1, 0.15) is 11.0 Å². The largest absolute Gasteiger partial charge is 0.380 e. The molecule has 1 aromatic heterocycles. The lowest BCUT2D eigenvalue weighted by molar-refractivity contribution is 0.189. The Hall–Kier alpha value is -0.580. The van der Waals surface area contributed by atoms with Crippen LogP contribution in [0.25, 0.3) is 0 Å². The lowest BCUT2D eigenvalue weighted by Crippen LogP contribution is -2.29. The highest BCUT2D eigenvalue weighted by atomic mass is 35.5. The van der Waals surface area contributed by atoms with Crippen molar-refractivity contribution in [2.75, 3.05) is 13.2 Å². The number of halogens is 1. The SMILES string of the molecule is Cn1c(Cl)cnc1CNC1CCOC1. The smallest absolute Gasteiger partial charge is 0.128 e. The lowest BCUT2D eigenvalue weighted by atomic mass is 10.2. The van der Waals surface area contributed by atoms with Crippen molar-refractivity contribution in [3.8, 4) is 0 Å². The summed E-state index contributed by atoms with van der Waals surface area (Å²) >= 11 is 5.87. The van der Waals surface area contributed by atoms with Crippen molar-refractivity contribution in [2.24, 2.45) is 7.05 Å². The van der Waals surface area contributed by atoms with E-state index in [0.717, 1.165) is 32.0 Å². The van der Waals surface area contributed by atoms with E-state index in [2.05, 4.69) is 10.3 Å². The minimum absolute atomic E-state index is 0.463. The monoisotopic (exact) mass is 215 g/mol. The molecule has 2 heterocycles. The third-order valence-corrected chi connectivity index (χ3v) is 2.86. The predicted octanol–water partition coefficient (Wildman–Crippen LogP) is 0.952. The summed E-state index contributed by atoms with van der Waals surface area (Å²) in [4.78, 5) is 4.20. The quantitative estimate of drug-likeness (QED) is 0.816. The van der Waals surface area contributed by atoms with Crippen LogP contribution in [0.2, 0.25) is 5.15 Å². The van der Waals surface area contributed by atoms with Crippen LogP contribution in [0.4, 0.5) is 0 Å². The number of hydrogen-bond donors (Lipinski definition) is 1. The lowest BCUT2D eigenvalue weighted by Gasteiger charge is -2.09. The zero-order valence-electron chi connectivity index (χ0n) is 8.16. The molecule has 1 aliphatic heterocycles. The summed E-state index contributed by atoms with van der Waals surface area (Å²) < 4.78 is 7.14. The van der Waals surface area contributed by atoms with Gasteiger partial charge in [0.2, 0.25) is 0 Å². The van der Waals surface area contributed by atoms with E-state index in [0.29, 0.717) is 11.2 Å². The molecule has 0 amide bonds. The Balaban J connectivity index is 1.88. The van der Waals surface area contributed by atoms with Crippen LogP contribution in [-0.2, 0) is 18.3 Å². The topological polar surface area (TPSA) is 39.1 Å². The molecular weight excluding hydrogens is 202 g/mol. The standard InChI is InChI=1S/C9H14ClN3O/c1-13-8(10)4-12-9(13)5-11-7-2-3-14-6-7/h4,7,11H,2-3,5-6H2,1H3. The van der Waals surface area contributed by atoms with Gasteiger partial charge in [-0.15, -0.1) is 0 Å². The second-order valence-corrected chi connectivity index (χ2v) is 3.88. The molecule has 0 bridgehead atoms. The first kappa shape index (κ1) is 9.96. The van der Waals surface area contributed by atoms with E-state index in [4.69, 9.17) is 16.3 Å². The molecule has 78 valence electrons. The highest BCUT2D eigenvalue weighted by molar-refractivity contribution is 6.29. The third kappa shape index (κ3) is 2.08. The van der Waals surface area contributed by atoms with Gasteiger partial charge < -0.3 is 14.6 Å². The zero-order valence-corrected chi connectivity index (χ0v) is 8.92. The summed E-state index contributed by atoms with van der Waals surface area (Å²) in [5, 5.41) is 4.06. The van der Waals surface area contributed by atoms with Gasteiger partial charge in [-0.05, 0) is 6.42 Å². The Bertz CT molecular complexity index is 307. The predicted molar refractivity (Wildman–Crippen MR) is 54.3 cm³/mol. The fraction of sp³-hybridized carbons (Fsp3) is 0.667. The second-order valence-electron chi connectivity index (χ2n) is 3.50. The molecule has 0 aromatic carbocycles. The van der Waals surface area contributed by atoms with Crippen LogP contribution in [0.1, 0.15) is 12.2 Å². The fourth-order valence-electron chi connectivity index (χ4n) is 1.52. The number of rotatable bonds is 3. The molecule has 5 heteroatoms. The average Bonchev–Trinajstić information content (AvgIpc) is 2.77. The Kier molecular flexibility index (Phi) is 3.05. The summed E-state index contributed by atoms with van der Waals surface area (Å²) in [7, 11) is 1.91. The first-order valence-electron chi connectivity index (χ1n) is 4.74. The van der Waals surface area contributed by atoms with Gasteiger partial charge in [0, 0.05) is 19.7 Å². The molecule has 4 nitrogen and oxygen atoms in total. The minimum Gasteiger partial charge on any atom is -0.380 e. The van der Waals surface area contributed by atoms with Crippen LogP contribution in [0.15, 0.2) is 6.20 Å². The van der Waals surface area contributed by atoms with Crippen LogP contribution >= 0.6 is 11.6 Å². The van der Waals surface area contributed by atoms with Crippen LogP contribution < -0.4 is 5.32 Å². The van der Waals surface area contributed by atoms with Gasteiger partial charge in [0.05, 0.1) is 19.3 Å². The van der Waals surface area contributed by atoms with Gasteiger partial charge in [-0.2, -0.15) is 0 Å². The number of hydrogen-bond acceptors (Lipinski definition) is 3. The summed E-state index contributed by atoms with van der Waals surface area (Å²) in [6.45, 7) is 2.41. The molecule has 1 fully saturated rings. The maximum atomic E-state index is 5.87. The van der Waals surface area contributed by atoms with E-state index in [1.54, 1.807) is 6.20 Å². The maximum absolute atomic E-state index is 5.87. The normalized spacial score (nSPS) is 21.7. The van der Waals surface area contributed by atoms with Crippen LogP contribution in [0, 0.1) is 0 Å². The minimum atomic E-state index is 0.463. The van der Waals surface area contributed by atoms with Crippen molar-refractivity contribution >= 4 is 11.6 Å². The van der Waals surface area contributed by atoms with Crippen molar-refractivity contribution in [2.45, 2.75) is 19.0 Å². The van der Waals surface area contributed by atoms with Gasteiger partial charge in [-0.25, -0.2) is 4.98 Å². The molecular formula is C9H14ClN3O. The van der Waals surface area contributed by atoms with Crippen molar-refractivity contribution in [3.05, 3.63) is 17.2 Å². The number of aromatic nitrogens is 2. The second kappa shape index (κ2) is 4.29. The molecule has 1 unspecified atom stereocenters. The molecule has 1 saturated heterocycles. The summed E-state index contributed by atoms with van der Waals surface area (Å²) in [5.41, 5.74) is 0. The molecule has 14 heavy (non-hydrogen) atoms. The van der Waals surface area contributed by atoms with E-state index in [1.807, 2.05) is 11.6 Å². The van der Waals surface area contributed by atoms with Crippen molar-refractivity contribution in [1.82, 2.24) is 14.9 Å². The van der Waals surface area contributed by atoms with Crippen molar-refractivity contribution < 1.29 is 4.74 Å². The first-order chi connectivity index (χ1) is 6.77.